The van der Waals surface area contributed by atoms with Crippen molar-refractivity contribution >= 4 is 53.9 Å². The Kier molecular flexibility index (Phi) is 9.20. The average Bonchev–Trinajstić information content (AvgIpc) is 3.20. The fraction of sp³-hybridized carbons (Fsp3) is 0.160. The van der Waals surface area contributed by atoms with Gasteiger partial charge in [0, 0.05) is 36.6 Å². The predicted molar refractivity (Wildman–Crippen MR) is 222 cm³/mol. The van der Waals surface area contributed by atoms with Gasteiger partial charge in [-0.2, -0.15) is 0 Å². The molecule has 0 atom stereocenters. The van der Waals surface area contributed by atoms with Crippen molar-refractivity contribution in [2.45, 2.75) is 46.9 Å². The van der Waals surface area contributed by atoms with E-state index in [1.165, 1.54) is 48.5 Å². The van der Waals surface area contributed by atoms with Gasteiger partial charge in [-0.1, -0.05) is 170 Å². The summed E-state index contributed by atoms with van der Waals surface area (Å²) in [6, 6.07) is 52.4. The minimum Gasteiger partial charge on any atom is -0.305 e. The minimum absolute atomic E-state index is 0. The number of hydrogen-bond acceptors (Lipinski definition) is 2. The molecule has 0 unspecified atom stereocenters. The van der Waals surface area contributed by atoms with Gasteiger partial charge in [-0.05, 0) is 62.7 Å². The van der Waals surface area contributed by atoms with Crippen molar-refractivity contribution in [3.63, 3.8) is 0 Å². The molecule has 0 fully saturated rings. The molecule has 1 radical (unpaired) electrons. The quantitative estimate of drug-likeness (QED) is 0.130. The van der Waals surface area contributed by atoms with E-state index in [-0.39, 0.29) is 20.1 Å². The van der Waals surface area contributed by atoms with Crippen LogP contribution in [0.25, 0.3) is 76.4 Å². The van der Waals surface area contributed by atoms with Crippen LogP contribution in [0.5, 0.6) is 0 Å². The molecule has 9 aromatic rings. The van der Waals surface area contributed by atoms with Gasteiger partial charge in [-0.15, -0.1) is 52.9 Å². The Balaban J connectivity index is 0.000000174. The third-order valence-corrected chi connectivity index (χ3v) is 9.52. The van der Waals surface area contributed by atoms with E-state index in [0.717, 1.165) is 33.5 Å². The molecule has 3 heteroatoms. The van der Waals surface area contributed by atoms with E-state index in [1.807, 2.05) is 65.0 Å². The Morgan fingerprint density at radius 1 is 0.566 bits per heavy atom. The van der Waals surface area contributed by atoms with E-state index in [9.17, 15) is 0 Å². The smallest absolute Gasteiger partial charge is 0.0346 e. The topological polar surface area (TPSA) is 25.8 Å². The molecule has 0 saturated heterocycles. The number of aromatic nitrogens is 2. The zero-order valence-corrected chi connectivity index (χ0v) is 33.0. The number of fused-ring (bicyclic) bond motifs is 9. The van der Waals surface area contributed by atoms with E-state index in [2.05, 4.69) is 119 Å². The summed E-state index contributed by atoms with van der Waals surface area (Å²) < 4.78 is 25.5. The molecular formula is C50H42IrN2-2. The Hall–Kier alpha value is -5.21. The first-order chi connectivity index (χ1) is 26.3. The van der Waals surface area contributed by atoms with Gasteiger partial charge < -0.3 is 9.97 Å². The monoisotopic (exact) mass is 866 g/mol. The number of hydrogen-bond donors (Lipinski definition) is 0. The van der Waals surface area contributed by atoms with Crippen LogP contribution in [0.2, 0.25) is 0 Å². The third kappa shape index (κ3) is 7.51. The SMILES string of the molecule is [2H]C(C)(C)c1ccnc(-c2[c-]cc3c(ccc4ccccc43)c2)c1.[2H]C([2H])(c1ccnc(-c2[c-]cc3c4ccccc4c4ccccc4c3c2)c1)C(C)(C)C.[Ir]. The Labute approximate surface area is 330 Å². The summed E-state index contributed by atoms with van der Waals surface area (Å²) in [6.45, 7) is 9.55. The molecule has 2 heterocycles. The van der Waals surface area contributed by atoms with E-state index in [1.54, 1.807) is 18.5 Å². The summed E-state index contributed by atoms with van der Waals surface area (Å²) in [5.74, 6) is -0.634. The average molecular weight is 866 g/mol. The summed E-state index contributed by atoms with van der Waals surface area (Å²) in [4.78, 5) is 9.03. The van der Waals surface area contributed by atoms with Gasteiger partial charge in [0.05, 0.1) is 0 Å². The number of pyridine rings is 2. The standard InChI is InChI=1S/C28H24N.C22H18N.Ir/c1-28(2,3)18-19-14-15-29-27(16-19)20-12-13-25-23-10-5-4-8-21(23)22-9-6-7-11-24(22)26(25)17-20;1-15(2)17-11-12-23-22(14-17)19-9-10-21-18(13-19)8-7-16-5-3-4-6-20(16)21;/h4-11,13-17H,18H2,1-3H3;3-8,10-15H,1-2H3;/q2*-1;/i18D2;15D;. The first-order valence-corrected chi connectivity index (χ1v) is 17.8. The predicted octanol–water partition coefficient (Wildman–Crippen LogP) is 13.6. The summed E-state index contributed by atoms with van der Waals surface area (Å²) in [7, 11) is 0. The second-order valence-corrected chi connectivity index (χ2v) is 14.6. The van der Waals surface area contributed by atoms with Crippen LogP contribution in [0.4, 0.5) is 0 Å². The molecule has 0 saturated carbocycles. The minimum atomic E-state index is -1.47. The zero-order valence-electron chi connectivity index (χ0n) is 33.6. The summed E-state index contributed by atoms with van der Waals surface area (Å²) in [5.41, 5.74) is 4.52. The molecule has 0 aliphatic rings. The molecule has 0 amide bonds. The molecular weight excluding hydrogens is 821 g/mol. The van der Waals surface area contributed by atoms with Crippen molar-refractivity contribution in [1.82, 2.24) is 9.97 Å². The fourth-order valence-corrected chi connectivity index (χ4v) is 7.06. The van der Waals surface area contributed by atoms with E-state index >= 15 is 0 Å². The first kappa shape index (κ1) is 32.4. The van der Waals surface area contributed by atoms with Gasteiger partial charge in [-0.25, -0.2) is 0 Å². The van der Waals surface area contributed by atoms with Crippen LogP contribution in [0.15, 0.2) is 146 Å². The van der Waals surface area contributed by atoms with Gasteiger partial charge in [0.1, 0.15) is 0 Å². The van der Waals surface area contributed by atoms with Crippen LogP contribution in [-0.4, -0.2) is 9.97 Å². The Morgan fingerprint density at radius 2 is 1.09 bits per heavy atom. The van der Waals surface area contributed by atoms with Crippen LogP contribution in [0.1, 0.15) is 55.8 Å². The Morgan fingerprint density at radius 3 is 1.75 bits per heavy atom. The number of rotatable bonds is 4. The van der Waals surface area contributed by atoms with Gasteiger partial charge in [0.2, 0.25) is 0 Å². The molecule has 2 aromatic heterocycles. The molecule has 0 aliphatic carbocycles. The normalized spacial score (nSPS) is 12.9. The zero-order chi connectivity index (χ0) is 38.5. The summed E-state index contributed by atoms with van der Waals surface area (Å²) in [5, 5.41) is 12.1. The number of nitrogens with zero attached hydrogens (tertiary/aromatic N) is 2. The van der Waals surface area contributed by atoms with Crippen LogP contribution in [0, 0.1) is 17.5 Å². The van der Waals surface area contributed by atoms with Gasteiger partial charge in [-0.3, -0.25) is 0 Å². The Bertz CT molecular complexity index is 2850. The van der Waals surface area contributed by atoms with Crippen LogP contribution in [-0.2, 0) is 26.5 Å². The van der Waals surface area contributed by atoms with Crippen molar-refractivity contribution in [2.24, 2.45) is 5.41 Å². The molecule has 7 aromatic carbocycles. The van der Waals surface area contributed by atoms with Crippen LogP contribution in [0.3, 0.4) is 0 Å². The van der Waals surface area contributed by atoms with E-state index in [4.69, 9.17) is 4.11 Å². The molecule has 0 spiro atoms. The fourth-order valence-electron chi connectivity index (χ4n) is 7.06. The van der Waals surface area contributed by atoms with Crippen molar-refractivity contribution in [3.8, 4) is 22.5 Å². The molecule has 2 nitrogen and oxygen atoms in total. The maximum absolute atomic E-state index is 8.64. The first-order valence-electron chi connectivity index (χ1n) is 19.3. The third-order valence-electron chi connectivity index (χ3n) is 9.52. The van der Waals surface area contributed by atoms with Crippen molar-refractivity contribution in [1.29, 1.82) is 0 Å². The van der Waals surface area contributed by atoms with E-state index in [0.29, 0.717) is 5.56 Å². The summed E-state index contributed by atoms with van der Waals surface area (Å²) >= 11 is 0. The maximum Gasteiger partial charge on any atom is 0.0346 e. The van der Waals surface area contributed by atoms with Crippen LogP contribution < -0.4 is 0 Å². The number of benzene rings is 7. The second kappa shape index (κ2) is 15.0. The molecule has 53 heavy (non-hydrogen) atoms. The largest absolute Gasteiger partial charge is 0.305 e. The van der Waals surface area contributed by atoms with Crippen molar-refractivity contribution in [2.75, 3.05) is 0 Å². The maximum atomic E-state index is 8.64. The molecule has 0 bridgehead atoms. The molecule has 9 rings (SSSR count). The van der Waals surface area contributed by atoms with Gasteiger partial charge in [0.15, 0.2) is 0 Å². The van der Waals surface area contributed by atoms with E-state index < -0.39 is 17.7 Å². The molecule has 263 valence electrons. The van der Waals surface area contributed by atoms with Crippen LogP contribution >= 0.6 is 0 Å². The van der Waals surface area contributed by atoms with Crippen molar-refractivity contribution < 1.29 is 24.2 Å². The van der Waals surface area contributed by atoms with Crippen molar-refractivity contribution in [3.05, 3.63) is 169 Å². The van der Waals surface area contributed by atoms with Gasteiger partial charge >= 0.3 is 0 Å². The summed E-state index contributed by atoms with van der Waals surface area (Å²) in [6.07, 6.45) is 2.01. The second-order valence-electron chi connectivity index (χ2n) is 14.6. The molecule has 0 N–H and O–H groups in total. The van der Waals surface area contributed by atoms with Gasteiger partial charge in [0.25, 0.3) is 0 Å². The molecule has 0 aliphatic heterocycles.